The molecular weight excluding hydrogens is 374 g/mol. The van der Waals surface area contributed by atoms with E-state index in [9.17, 15) is 18.5 Å². The molecule has 0 amide bonds. The highest BCUT2D eigenvalue weighted by Crippen LogP contribution is 2.30. The Morgan fingerprint density at radius 1 is 1.26 bits per heavy atom. The Labute approximate surface area is 156 Å². The molecule has 2 heterocycles. The molecule has 0 atom stereocenters. The van der Waals surface area contributed by atoms with Crippen LogP contribution in [0.4, 0.5) is 11.4 Å². The minimum absolute atomic E-state index is 0.0149. The third-order valence-corrected chi connectivity index (χ3v) is 5.54. The van der Waals surface area contributed by atoms with Gasteiger partial charge in [-0.3, -0.25) is 15.0 Å². The standard InChI is InChI=1S/C16H21N5O5S/c1-12-17-16(18-26-12)11-19-6-3-7-20(9-8-19)14-5-4-13(21(22)23)10-15(14)27(2,24)25/h4-5,10H,3,6-9,11H2,1-2H3. The van der Waals surface area contributed by atoms with Crippen LogP contribution in [0.1, 0.15) is 18.1 Å². The van der Waals surface area contributed by atoms with Crippen LogP contribution in [0.15, 0.2) is 27.6 Å². The van der Waals surface area contributed by atoms with E-state index >= 15 is 0 Å². The van der Waals surface area contributed by atoms with Gasteiger partial charge in [-0.15, -0.1) is 0 Å². The number of hydrogen-bond donors (Lipinski definition) is 0. The van der Waals surface area contributed by atoms with Gasteiger partial charge in [0.15, 0.2) is 15.7 Å². The molecule has 1 aromatic carbocycles. The first-order valence-corrected chi connectivity index (χ1v) is 10.4. The van der Waals surface area contributed by atoms with Crippen molar-refractivity contribution in [3.63, 3.8) is 0 Å². The van der Waals surface area contributed by atoms with Crippen LogP contribution in [-0.4, -0.2) is 60.8 Å². The SMILES string of the molecule is Cc1nc(CN2CCCN(c3ccc([N+](=O)[O-])cc3S(C)(=O)=O)CC2)no1. The summed E-state index contributed by atoms with van der Waals surface area (Å²) < 4.78 is 29.3. The summed E-state index contributed by atoms with van der Waals surface area (Å²) >= 11 is 0. The van der Waals surface area contributed by atoms with Gasteiger partial charge in [-0.2, -0.15) is 4.98 Å². The van der Waals surface area contributed by atoms with Crippen LogP contribution in [0.5, 0.6) is 0 Å². The molecule has 1 fully saturated rings. The summed E-state index contributed by atoms with van der Waals surface area (Å²) in [5, 5.41) is 14.9. The lowest BCUT2D eigenvalue weighted by atomic mass is 10.2. The summed E-state index contributed by atoms with van der Waals surface area (Å²) in [7, 11) is -3.60. The van der Waals surface area contributed by atoms with Gasteiger partial charge in [0.25, 0.3) is 5.69 Å². The first-order chi connectivity index (χ1) is 12.7. The number of benzene rings is 1. The number of aromatic nitrogens is 2. The third kappa shape index (κ3) is 4.61. The second-order valence-electron chi connectivity index (χ2n) is 6.53. The number of nitro groups is 1. The van der Waals surface area contributed by atoms with E-state index in [1.807, 2.05) is 4.90 Å². The highest BCUT2D eigenvalue weighted by atomic mass is 32.2. The summed E-state index contributed by atoms with van der Waals surface area (Å²) in [6.07, 6.45) is 1.88. The molecule has 27 heavy (non-hydrogen) atoms. The fourth-order valence-corrected chi connectivity index (χ4v) is 4.06. The maximum Gasteiger partial charge on any atom is 0.270 e. The van der Waals surface area contributed by atoms with Crippen molar-refractivity contribution in [1.29, 1.82) is 0 Å². The highest BCUT2D eigenvalue weighted by Gasteiger charge is 2.24. The summed E-state index contributed by atoms with van der Waals surface area (Å²) in [6.45, 7) is 5.05. The maximum atomic E-state index is 12.2. The van der Waals surface area contributed by atoms with E-state index in [1.165, 1.54) is 12.1 Å². The minimum Gasteiger partial charge on any atom is -0.369 e. The summed E-state index contributed by atoms with van der Waals surface area (Å²) in [6, 6.07) is 4.00. The zero-order chi connectivity index (χ0) is 19.6. The number of nitrogens with zero attached hydrogens (tertiary/aromatic N) is 5. The lowest BCUT2D eigenvalue weighted by Gasteiger charge is -2.25. The molecule has 0 bridgehead atoms. The Morgan fingerprint density at radius 2 is 2.04 bits per heavy atom. The fourth-order valence-electron chi connectivity index (χ4n) is 3.15. The van der Waals surface area contributed by atoms with E-state index in [0.29, 0.717) is 43.6 Å². The number of hydrogen-bond acceptors (Lipinski definition) is 9. The number of rotatable bonds is 5. The molecule has 0 spiro atoms. The van der Waals surface area contributed by atoms with E-state index in [4.69, 9.17) is 4.52 Å². The predicted octanol–water partition coefficient (Wildman–Crippen LogP) is 1.40. The van der Waals surface area contributed by atoms with Crippen LogP contribution in [0.3, 0.4) is 0 Å². The quantitative estimate of drug-likeness (QED) is 0.546. The number of non-ortho nitro benzene ring substituents is 1. The van der Waals surface area contributed by atoms with Gasteiger partial charge >= 0.3 is 0 Å². The molecule has 1 saturated heterocycles. The molecule has 1 aliphatic heterocycles. The molecule has 0 saturated carbocycles. The molecule has 2 aromatic rings. The van der Waals surface area contributed by atoms with Crippen molar-refractivity contribution in [3.05, 3.63) is 40.0 Å². The average molecular weight is 395 g/mol. The van der Waals surface area contributed by atoms with E-state index in [0.717, 1.165) is 25.3 Å². The largest absolute Gasteiger partial charge is 0.369 e. The van der Waals surface area contributed by atoms with Crippen LogP contribution in [0.2, 0.25) is 0 Å². The summed E-state index contributed by atoms with van der Waals surface area (Å²) in [5.74, 6) is 1.14. The third-order valence-electron chi connectivity index (χ3n) is 4.42. The Morgan fingerprint density at radius 3 is 2.67 bits per heavy atom. The maximum absolute atomic E-state index is 12.2. The molecule has 11 heteroatoms. The van der Waals surface area contributed by atoms with Gasteiger partial charge in [-0.25, -0.2) is 8.42 Å². The number of sulfone groups is 1. The van der Waals surface area contributed by atoms with E-state index in [1.54, 1.807) is 6.92 Å². The molecule has 3 rings (SSSR count). The van der Waals surface area contributed by atoms with Crippen LogP contribution < -0.4 is 4.90 Å². The lowest BCUT2D eigenvalue weighted by molar-refractivity contribution is -0.385. The van der Waals surface area contributed by atoms with Crippen molar-refractivity contribution in [1.82, 2.24) is 15.0 Å². The van der Waals surface area contributed by atoms with Crippen LogP contribution >= 0.6 is 0 Å². The molecule has 10 nitrogen and oxygen atoms in total. The van der Waals surface area contributed by atoms with Crippen molar-refractivity contribution in [2.45, 2.75) is 24.8 Å². The summed E-state index contributed by atoms with van der Waals surface area (Å²) in [5.41, 5.74) is 0.267. The lowest BCUT2D eigenvalue weighted by Crippen LogP contribution is -2.31. The van der Waals surface area contributed by atoms with Gasteiger partial charge in [0.05, 0.1) is 22.1 Å². The molecule has 0 N–H and O–H groups in total. The average Bonchev–Trinajstić information content (AvgIpc) is 2.87. The second-order valence-corrected chi connectivity index (χ2v) is 8.51. The zero-order valence-corrected chi connectivity index (χ0v) is 16.0. The molecular formula is C16H21N5O5S. The molecule has 1 aromatic heterocycles. The molecule has 1 aliphatic rings. The Hall–Kier alpha value is -2.53. The molecule has 0 unspecified atom stereocenters. The zero-order valence-electron chi connectivity index (χ0n) is 15.2. The van der Waals surface area contributed by atoms with Crippen LogP contribution in [0, 0.1) is 17.0 Å². The Kier molecular flexibility index (Phi) is 5.42. The van der Waals surface area contributed by atoms with Gasteiger partial charge in [0, 0.05) is 51.5 Å². The number of aryl methyl sites for hydroxylation is 1. The minimum atomic E-state index is -3.60. The van der Waals surface area contributed by atoms with Crippen molar-refractivity contribution in [3.8, 4) is 0 Å². The van der Waals surface area contributed by atoms with E-state index < -0.39 is 14.8 Å². The number of nitro benzene ring substituents is 1. The predicted molar refractivity (Wildman–Crippen MR) is 97.3 cm³/mol. The van der Waals surface area contributed by atoms with Gasteiger partial charge < -0.3 is 9.42 Å². The summed E-state index contributed by atoms with van der Waals surface area (Å²) in [4.78, 5) is 18.8. The van der Waals surface area contributed by atoms with E-state index in [2.05, 4.69) is 15.0 Å². The molecule has 146 valence electrons. The van der Waals surface area contributed by atoms with Crippen molar-refractivity contribution in [2.75, 3.05) is 37.3 Å². The monoisotopic (exact) mass is 395 g/mol. The van der Waals surface area contributed by atoms with Gasteiger partial charge in [0.1, 0.15) is 0 Å². The molecule has 0 aliphatic carbocycles. The van der Waals surface area contributed by atoms with Gasteiger partial charge in [-0.05, 0) is 12.5 Å². The Balaban J connectivity index is 1.79. The number of anilines is 1. The topological polar surface area (TPSA) is 123 Å². The second kappa shape index (κ2) is 7.61. The normalized spacial score (nSPS) is 16.3. The first kappa shape index (κ1) is 19.2. The first-order valence-electron chi connectivity index (χ1n) is 8.49. The van der Waals surface area contributed by atoms with Crippen molar-refractivity contribution < 1.29 is 17.9 Å². The van der Waals surface area contributed by atoms with Crippen LogP contribution in [0.25, 0.3) is 0 Å². The van der Waals surface area contributed by atoms with Crippen molar-refractivity contribution in [2.24, 2.45) is 0 Å². The Bertz CT molecular complexity index is 942. The van der Waals surface area contributed by atoms with Crippen molar-refractivity contribution >= 4 is 21.2 Å². The van der Waals surface area contributed by atoms with Gasteiger partial charge in [-0.1, -0.05) is 5.16 Å². The fraction of sp³-hybridized carbons (Fsp3) is 0.500. The molecule has 0 radical (unpaired) electrons. The smallest absolute Gasteiger partial charge is 0.270 e. The van der Waals surface area contributed by atoms with Gasteiger partial charge in [0.2, 0.25) is 5.89 Å². The van der Waals surface area contributed by atoms with E-state index in [-0.39, 0.29) is 10.6 Å². The highest BCUT2D eigenvalue weighted by molar-refractivity contribution is 7.90. The van der Waals surface area contributed by atoms with Crippen LogP contribution in [-0.2, 0) is 16.4 Å².